The minimum Gasteiger partial charge on any atom is -0.361 e. The number of H-pyrrole nitrogens is 1. The van der Waals surface area contributed by atoms with Crippen LogP contribution in [0.15, 0.2) is 24.4 Å². The lowest BCUT2D eigenvalue weighted by molar-refractivity contribution is 0.107. The molecule has 2 N–H and O–H groups in total. The molecule has 1 aromatic carbocycles. The molecule has 0 saturated carbocycles. The van der Waals surface area contributed by atoms with Crippen LogP contribution in [0.1, 0.15) is 43.7 Å². The Morgan fingerprint density at radius 1 is 1.35 bits per heavy atom. The Hall–Kier alpha value is -1.32. The van der Waals surface area contributed by atoms with Crippen LogP contribution in [-0.4, -0.2) is 42.1 Å². The first kappa shape index (κ1) is 15.2. The number of piperidine rings is 1. The summed E-state index contributed by atoms with van der Waals surface area (Å²) in [4.78, 5) is 6.10. The average molecular weight is 311 g/mol. The van der Waals surface area contributed by atoms with Crippen LogP contribution in [-0.2, 0) is 6.42 Å². The van der Waals surface area contributed by atoms with Gasteiger partial charge in [0.15, 0.2) is 0 Å². The standard InChI is InChI=1S/C20H29N3/c1-13(2)21-8-7-14-9-17-16-5-4-6-18-20(16)15(11-22-18)10-19(17)23(3)12-14/h4-6,11,13-14,17,19,21-22H,7-10,12H2,1-3H3. The van der Waals surface area contributed by atoms with Gasteiger partial charge in [-0.15, -0.1) is 0 Å². The molecule has 2 aromatic rings. The number of likely N-dealkylation sites (tertiary alicyclic amines) is 1. The third-order valence-electron chi connectivity index (χ3n) is 5.92. The largest absolute Gasteiger partial charge is 0.361 e. The lowest BCUT2D eigenvalue weighted by Gasteiger charge is -2.45. The molecule has 0 radical (unpaired) electrons. The Labute approximate surface area is 139 Å². The van der Waals surface area contributed by atoms with Crippen molar-refractivity contribution in [3.63, 3.8) is 0 Å². The van der Waals surface area contributed by atoms with Crippen LogP contribution in [0.3, 0.4) is 0 Å². The van der Waals surface area contributed by atoms with Crippen LogP contribution in [0.5, 0.6) is 0 Å². The minimum absolute atomic E-state index is 0.593. The van der Waals surface area contributed by atoms with Crippen molar-refractivity contribution < 1.29 is 0 Å². The first-order valence-corrected chi connectivity index (χ1v) is 9.16. The predicted molar refractivity (Wildman–Crippen MR) is 97.0 cm³/mol. The summed E-state index contributed by atoms with van der Waals surface area (Å²) < 4.78 is 0. The number of hydrogen-bond donors (Lipinski definition) is 2. The molecule has 3 atom stereocenters. The van der Waals surface area contributed by atoms with E-state index in [0.29, 0.717) is 18.0 Å². The lowest BCUT2D eigenvalue weighted by Crippen LogP contribution is -2.48. The highest BCUT2D eigenvalue weighted by molar-refractivity contribution is 5.88. The fraction of sp³-hybridized carbons (Fsp3) is 0.600. The maximum Gasteiger partial charge on any atom is 0.0459 e. The van der Waals surface area contributed by atoms with Gasteiger partial charge in [-0.2, -0.15) is 0 Å². The van der Waals surface area contributed by atoms with Gasteiger partial charge in [-0.1, -0.05) is 26.0 Å². The Morgan fingerprint density at radius 3 is 3.04 bits per heavy atom. The second kappa shape index (κ2) is 5.95. The van der Waals surface area contributed by atoms with Gasteiger partial charge in [0.2, 0.25) is 0 Å². The Bertz CT molecular complexity index is 687. The first-order chi connectivity index (χ1) is 11.1. The van der Waals surface area contributed by atoms with Crippen LogP contribution >= 0.6 is 0 Å². The molecule has 1 aromatic heterocycles. The lowest BCUT2D eigenvalue weighted by atomic mass is 9.72. The first-order valence-electron chi connectivity index (χ1n) is 9.16. The summed E-state index contributed by atoms with van der Waals surface area (Å²) >= 11 is 0. The molecule has 0 spiro atoms. The second-order valence-electron chi connectivity index (χ2n) is 7.90. The SMILES string of the molecule is CC(C)NCCC1CC2c3cccc4[nH]cc(c34)CC2N(C)C1. The minimum atomic E-state index is 0.593. The van der Waals surface area contributed by atoms with Crippen LogP contribution < -0.4 is 5.32 Å². The monoisotopic (exact) mass is 311 g/mol. The highest BCUT2D eigenvalue weighted by Gasteiger charge is 2.39. The molecule has 3 heteroatoms. The zero-order valence-corrected chi connectivity index (χ0v) is 14.6. The Kier molecular flexibility index (Phi) is 3.94. The summed E-state index contributed by atoms with van der Waals surface area (Å²) in [5, 5.41) is 5.10. The Morgan fingerprint density at radius 2 is 2.22 bits per heavy atom. The highest BCUT2D eigenvalue weighted by Crippen LogP contribution is 2.44. The molecule has 1 aliphatic heterocycles. The summed E-state index contributed by atoms with van der Waals surface area (Å²) in [5.74, 6) is 1.51. The zero-order valence-electron chi connectivity index (χ0n) is 14.6. The van der Waals surface area contributed by atoms with E-state index in [2.05, 4.69) is 60.5 Å². The molecule has 0 amide bonds. The number of nitrogens with zero attached hydrogens (tertiary/aromatic N) is 1. The average Bonchev–Trinajstić information content (AvgIpc) is 2.93. The van der Waals surface area contributed by atoms with Gasteiger partial charge in [-0.3, -0.25) is 0 Å². The molecule has 23 heavy (non-hydrogen) atoms. The predicted octanol–water partition coefficient (Wildman–Crippen LogP) is 3.52. The number of rotatable bonds is 4. The topological polar surface area (TPSA) is 31.1 Å². The number of aromatic nitrogens is 1. The maximum atomic E-state index is 3.59. The summed E-state index contributed by atoms with van der Waals surface area (Å²) in [6.45, 7) is 6.86. The molecule has 2 aliphatic rings. The molecule has 4 rings (SSSR count). The summed E-state index contributed by atoms with van der Waals surface area (Å²) in [7, 11) is 2.33. The van der Waals surface area contributed by atoms with Gasteiger partial charge in [0, 0.05) is 41.6 Å². The van der Waals surface area contributed by atoms with Crippen molar-refractivity contribution in [1.29, 1.82) is 0 Å². The number of likely N-dealkylation sites (N-methyl/N-ethyl adjacent to an activating group) is 1. The van der Waals surface area contributed by atoms with Gasteiger partial charge < -0.3 is 15.2 Å². The molecule has 3 unspecified atom stereocenters. The quantitative estimate of drug-likeness (QED) is 0.905. The maximum absolute atomic E-state index is 3.59. The van der Waals surface area contributed by atoms with E-state index in [0.717, 1.165) is 12.5 Å². The summed E-state index contributed by atoms with van der Waals surface area (Å²) in [6, 6.07) is 8.09. The zero-order chi connectivity index (χ0) is 16.0. The third-order valence-corrected chi connectivity index (χ3v) is 5.92. The molecule has 1 saturated heterocycles. The smallest absolute Gasteiger partial charge is 0.0459 e. The summed E-state index contributed by atoms with van der Waals surface area (Å²) in [5.41, 5.74) is 4.43. The van der Waals surface area contributed by atoms with Crippen molar-refractivity contribution in [1.82, 2.24) is 15.2 Å². The molecular formula is C20H29N3. The highest BCUT2D eigenvalue weighted by atomic mass is 15.1. The van der Waals surface area contributed by atoms with E-state index in [1.165, 1.54) is 42.3 Å². The van der Waals surface area contributed by atoms with E-state index >= 15 is 0 Å². The fourth-order valence-electron chi connectivity index (χ4n) is 4.84. The van der Waals surface area contributed by atoms with Crippen molar-refractivity contribution in [2.75, 3.05) is 20.1 Å². The normalized spacial score (nSPS) is 27.6. The van der Waals surface area contributed by atoms with Crippen molar-refractivity contribution in [2.24, 2.45) is 5.92 Å². The third kappa shape index (κ3) is 2.70. The molecule has 1 aliphatic carbocycles. The van der Waals surface area contributed by atoms with E-state index in [9.17, 15) is 0 Å². The van der Waals surface area contributed by atoms with Crippen molar-refractivity contribution in [3.8, 4) is 0 Å². The van der Waals surface area contributed by atoms with Crippen LogP contribution in [0.2, 0.25) is 0 Å². The summed E-state index contributed by atoms with van der Waals surface area (Å²) in [6.07, 6.45) is 6.08. The van der Waals surface area contributed by atoms with Crippen molar-refractivity contribution in [3.05, 3.63) is 35.5 Å². The van der Waals surface area contributed by atoms with Crippen LogP contribution in [0.25, 0.3) is 10.9 Å². The van der Waals surface area contributed by atoms with E-state index in [-0.39, 0.29) is 0 Å². The van der Waals surface area contributed by atoms with Gasteiger partial charge in [-0.25, -0.2) is 0 Å². The van der Waals surface area contributed by atoms with Gasteiger partial charge >= 0.3 is 0 Å². The molecule has 0 bridgehead atoms. The number of hydrogen-bond acceptors (Lipinski definition) is 2. The van der Waals surface area contributed by atoms with Gasteiger partial charge in [0.25, 0.3) is 0 Å². The molecule has 2 heterocycles. The van der Waals surface area contributed by atoms with E-state index < -0.39 is 0 Å². The van der Waals surface area contributed by atoms with Crippen LogP contribution in [0.4, 0.5) is 0 Å². The van der Waals surface area contributed by atoms with E-state index in [1.54, 1.807) is 5.56 Å². The number of nitrogens with one attached hydrogen (secondary N) is 2. The number of benzene rings is 1. The van der Waals surface area contributed by atoms with E-state index in [1.807, 2.05) is 0 Å². The fourth-order valence-corrected chi connectivity index (χ4v) is 4.84. The van der Waals surface area contributed by atoms with Gasteiger partial charge in [0.1, 0.15) is 0 Å². The Balaban J connectivity index is 1.58. The van der Waals surface area contributed by atoms with E-state index in [4.69, 9.17) is 0 Å². The van der Waals surface area contributed by atoms with Crippen LogP contribution in [0, 0.1) is 5.92 Å². The van der Waals surface area contributed by atoms with Crippen molar-refractivity contribution in [2.45, 2.75) is 51.1 Å². The van der Waals surface area contributed by atoms with Gasteiger partial charge in [-0.05, 0) is 56.0 Å². The van der Waals surface area contributed by atoms with Gasteiger partial charge in [0.05, 0.1) is 0 Å². The second-order valence-corrected chi connectivity index (χ2v) is 7.90. The molecule has 3 nitrogen and oxygen atoms in total. The molecule has 124 valence electrons. The number of aromatic amines is 1. The molecular weight excluding hydrogens is 282 g/mol. The molecule has 1 fully saturated rings. The van der Waals surface area contributed by atoms with Crippen molar-refractivity contribution >= 4 is 10.9 Å². The number of fused-ring (bicyclic) bond motifs is 2.